The van der Waals surface area contributed by atoms with Gasteiger partial charge in [0.05, 0.1) is 17.2 Å². The first-order chi connectivity index (χ1) is 11.4. The summed E-state index contributed by atoms with van der Waals surface area (Å²) in [5.74, 6) is -0.621. The smallest absolute Gasteiger partial charge is 0.326 e. The van der Waals surface area contributed by atoms with Gasteiger partial charge < -0.3 is 4.74 Å². The fraction of sp³-hybridized carbons (Fsp3) is 0.235. The van der Waals surface area contributed by atoms with Gasteiger partial charge in [-0.2, -0.15) is 0 Å². The molecule has 24 heavy (non-hydrogen) atoms. The Bertz CT molecular complexity index is 822. The molecule has 0 fully saturated rings. The molecule has 0 amide bonds. The zero-order chi connectivity index (χ0) is 17.7. The first-order valence-electron chi connectivity index (χ1n) is 7.36. The Morgan fingerprint density at radius 2 is 1.83 bits per heavy atom. The van der Waals surface area contributed by atoms with Crippen molar-refractivity contribution < 1.29 is 17.9 Å². The number of anilines is 1. The van der Waals surface area contributed by atoms with Gasteiger partial charge in [-0.25, -0.2) is 8.42 Å². The first kappa shape index (κ1) is 18.3. The normalized spacial score (nSPS) is 11.1. The molecule has 0 heterocycles. The molecule has 2 aromatic carbocycles. The SMILES string of the molecule is CCOC(=O)CN(c1ccc(Cl)c(C)c1)S(=O)(=O)c1ccccc1. The maximum atomic E-state index is 13.0. The van der Waals surface area contributed by atoms with Crippen LogP contribution in [0, 0.1) is 6.92 Å². The summed E-state index contributed by atoms with van der Waals surface area (Å²) in [4.78, 5) is 12.0. The Labute approximate surface area is 146 Å². The summed E-state index contributed by atoms with van der Waals surface area (Å²) in [5, 5.41) is 0.520. The number of aryl methyl sites for hydroxylation is 1. The zero-order valence-electron chi connectivity index (χ0n) is 13.4. The summed E-state index contributed by atoms with van der Waals surface area (Å²) in [5.41, 5.74) is 1.07. The minimum absolute atomic E-state index is 0.0990. The number of carbonyl (C=O) groups excluding carboxylic acids is 1. The number of rotatable bonds is 6. The maximum Gasteiger partial charge on any atom is 0.326 e. The first-order valence-corrected chi connectivity index (χ1v) is 9.17. The van der Waals surface area contributed by atoms with Crippen LogP contribution in [-0.4, -0.2) is 27.5 Å². The van der Waals surface area contributed by atoms with E-state index in [1.165, 1.54) is 12.1 Å². The van der Waals surface area contributed by atoms with Crippen LogP contribution in [0.5, 0.6) is 0 Å². The van der Waals surface area contributed by atoms with Crippen LogP contribution in [0.25, 0.3) is 0 Å². The van der Waals surface area contributed by atoms with Crippen molar-refractivity contribution in [3.63, 3.8) is 0 Å². The standard InChI is InChI=1S/C17H18ClNO4S/c1-3-23-17(20)12-19(14-9-10-16(18)13(2)11-14)24(21,22)15-7-5-4-6-8-15/h4-11H,3,12H2,1-2H3. The van der Waals surface area contributed by atoms with Crippen molar-refractivity contribution >= 4 is 33.3 Å². The second-order valence-electron chi connectivity index (χ2n) is 5.06. The molecule has 0 aliphatic carbocycles. The van der Waals surface area contributed by atoms with E-state index in [1.807, 2.05) is 0 Å². The molecule has 0 atom stereocenters. The molecule has 0 aromatic heterocycles. The van der Waals surface area contributed by atoms with Crippen molar-refractivity contribution in [1.29, 1.82) is 0 Å². The lowest BCUT2D eigenvalue weighted by Gasteiger charge is -2.24. The molecular weight excluding hydrogens is 350 g/mol. The minimum atomic E-state index is -3.91. The fourth-order valence-corrected chi connectivity index (χ4v) is 3.68. The molecule has 5 nitrogen and oxygen atoms in total. The third-order valence-corrected chi connectivity index (χ3v) is 5.55. The molecule has 128 valence electrons. The lowest BCUT2D eigenvalue weighted by molar-refractivity contribution is -0.141. The van der Waals surface area contributed by atoms with Crippen molar-refractivity contribution in [2.24, 2.45) is 0 Å². The number of benzene rings is 2. The molecule has 0 bridgehead atoms. The molecule has 0 N–H and O–H groups in total. The average molecular weight is 368 g/mol. The molecule has 0 radical (unpaired) electrons. The monoisotopic (exact) mass is 367 g/mol. The predicted molar refractivity (Wildman–Crippen MR) is 93.8 cm³/mol. The molecule has 2 aromatic rings. The molecule has 0 aliphatic rings. The molecule has 0 saturated heterocycles. The van der Waals surface area contributed by atoms with Gasteiger partial charge in [0.1, 0.15) is 6.54 Å². The van der Waals surface area contributed by atoms with Crippen molar-refractivity contribution in [2.45, 2.75) is 18.7 Å². The van der Waals surface area contributed by atoms with Crippen LogP contribution in [0.15, 0.2) is 53.4 Å². The van der Waals surface area contributed by atoms with Crippen molar-refractivity contribution in [2.75, 3.05) is 17.5 Å². The highest BCUT2D eigenvalue weighted by Crippen LogP contribution is 2.27. The van der Waals surface area contributed by atoms with Crippen LogP contribution in [0.3, 0.4) is 0 Å². The number of hydrogen-bond donors (Lipinski definition) is 0. The van der Waals surface area contributed by atoms with Crippen LogP contribution in [0.2, 0.25) is 5.02 Å². The number of halogens is 1. The lowest BCUT2D eigenvalue weighted by atomic mass is 10.2. The Morgan fingerprint density at radius 1 is 1.17 bits per heavy atom. The summed E-state index contributed by atoms with van der Waals surface area (Å²) < 4.78 is 31.8. The molecule has 0 saturated carbocycles. The van der Waals surface area contributed by atoms with Gasteiger partial charge in [0.2, 0.25) is 0 Å². The topological polar surface area (TPSA) is 63.7 Å². The molecule has 7 heteroatoms. The van der Waals surface area contributed by atoms with E-state index in [9.17, 15) is 13.2 Å². The molecular formula is C17H18ClNO4S. The van der Waals surface area contributed by atoms with E-state index < -0.39 is 22.5 Å². The van der Waals surface area contributed by atoms with E-state index in [0.29, 0.717) is 16.3 Å². The number of sulfonamides is 1. The van der Waals surface area contributed by atoms with Gasteiger partial charge >= 0.3 is 5.97 Å². The zero-order valence-corrected chi connectivity index (χ0v) is 15.0. The van der Waals surface area contributed by atoms with E-state index in [0.717, 1.165) is 4.31 Å². The maximum absolute atomic E-state index is 13.0. The summed E-state index contributed by atoms with van der Waals surface area (Å²) >= 11 is 6.01. The minimum Gasteiger partial charge on any atom is -0.465 e. The Kier molecular flexibility index (Phi) is 5.85. The third kappa shape index (κ3) is 4.07. The highest BCUT2D eigenvalue weighted by molar-refractivity contribution is 7.92. The van der Waals surface area contributed by atoms with Gasteiger partial charge in [-0.05, 0) is 49.7 Å². The van der Waals surface area contributed by atoms with Gasteiger partial charge in [-0.3, -0.25) is 9.10 Å². The third-order valence-electron chi connectivity index (χ3n) is 3.34. The van der Waals surface area contributed by atoms with E-state index >= 15 is 0 Å². The van der Waals surface area contributed by atoms with Crippen molar-refractivity contribution in [1.82, 2.24) is 0 Å². The van der Waals surface area contributed by atoms with Crippen molar-refractivity contribution in [3.05, 3.63) is 59.1 Å². The Morgan fingerprint density at radius 3 is 2.42 bits per heavy atom. The van der Waals surface area contributed by atoms with Gasteiger partial charge in [0.15, 0.2) is 0 Å². The molecule has 0 unspecified atom stereocenters. The van der Waals surface area contributed by atoms with Gasteiger partial charge in [0.25, 0.3) is 10.0 Å². The Balaban J connectivity index is 2.50. The molecule has 0 spiro atoms. The van der Waals surface area contributed by atoms with Crippen LogP contribution >= 0.6 is 11.6 Å². The van der Waals surface area contributed by atoms with E-state index in [2.05, 4.69) is 0 Å². The number of esters is 1. The summed E-state index contributed by atoms with van der Waals surface area (Å²) in [7, 11) is -3.91. The summed E-state index contributed by atoms with van der Waals surface area (Å²) in [6.07, 6.45) is 0. The van der Waals surface area contributed by atoms with E-state index in [1.54, 1.807) is 50.2 Å². The average Bonchev–Trinajstić information content (AvgIpc) is 2.56. The van der Waals surface area contributed by atoms with Crippen LogP contribution in [-0.2, 0) is 19.6 Å². The fourth-order valence-electron chi connectivity index (χ4n) is 2.14. The van der Waals surface area contributed by atoms with E-state index in [4.69, 9.17) is 16.3 Å². The number of nitrogens with zero attached hydrogens (tertiary/aromatic N) is 1. The highest BCUT2D eigenvalue weighted by atomic mass is 35.5. The van der Waals surface area contributed by atoms with Crippen LogP contribution in [0.4, 0.5) is 5.69 Å². The van der Waals surface area contributed by atoms with Gasteiger partial charge in [-0.1, -0.05) is 29.8 Å². The van der Waals surface area contributed by atoms with Crippen LogP contribution in [0.1, 0.15) is 12.5 Å². The van der Waals surface area contributed by atoms with Gasteiger partial charge in [-0.15, -0.1) is 0 Å². The predicted octanol–water partition coefficient (Wildman–Crippen LogP) is 3.41. The Hall–Kier alpha value is -2.05. The van der Waals surface area contributed by atoms with Crippen LogP contribution < -0.4 is 4.31 Å². The molecule has 2 rings (SSSR count). The quantitative estimate of drug-likeness (QED) is 0.734. The summed E-state index contributed by atoms with van der Waals surface area (Å²) in [6, 6.07) is 12.7. The second kappa shape index (κ2) is 7.68. The largest absolute Gasteiger partial charge is 0.465 e. The van der Waals surface area contributed by atoms with Crippen molar-refractivity contribution in [3.8, 4) is 0 Å². The highest BCUT2D eigenvalue weighted by Gasteiger charge is 2.27. The van der Waals surface area contributed by atoms with E-state index in [-0.39, 0.29) is 11.5 Å². The number of carbonyl (C=O) groups is 1. The second-order valence-corrected chi connectivity index (χ2v) is 7.33. The lowest BCUT2D eigenvalue weighted by Crippen LogP contribution is -2.36. The number of ether oxygens (including phenoxy) is 1. The number of hydrogen-bond acceptors (Lipinski definition) is 4. The summed E-state index contributed by atoms with van der Waals surface area (Å²) in [6.45, 7) is 3.20. The van der Waals surface area contributed by atoms with Gasteiger partial charge in [0, 0.05) is 5.02 Å². The molecule has 0 aliphatic heterocycles.